The Kier molecular flexibility index (Phi) is 7.53. The van der Waals surface area contributed by atoms with Gasteiger partial charge < -0.3 is 24.9 Å². The number of anilines is 1. The first-order valence-corrected chi connectivity index (χ1v) is 14.3. The Morgan fingerprint density at radius 2 is 1.78 bits per heavy atom. The molecular formula is C32H35FN4O4. The van der Waals surface area contributed by atoms with E-state index in [4.69, 9.17) is 19.6 Å². The summed E-state index contributed by atoms with van der Waals surface area (Å²) >= 11 is 0. The number of halogens is 1. The van der Waals surface area contributed by atoms with Crippen molar-refractivity contribution in [1.29, 1.82) is 0 Å². The highest BCUT2D eigenvalue weighted by molar-refractivity contribution is 5.96. The molecule has 0 bridgehead atoms. The zero-order valence-electron chi connectivity index (χ0n) is 23.4. The fourth-order valence-electron chi connectivity index (χ4n) is 6.46. The highest BCUT2D eigenvalue weighted by Crippen LogP contribution is 2.43. The van der Waals surface area contributed by atoms with Crippen molar-refractivity contribution in [3.63, 3.8) is 0 Å². The lowest BCUT2D eigenvalue weighted by molar-refractivity contribution is 0.100. The number of nitrogens with one attached hydrogen (secondary N) is 1. The number of ether oxygens (including phenoxy) is 2. The first-order chi connectivity index (χ1) is 19.9. The molecule has 1 aliphatic heterocycles. The Morgan fingerprint density at radius 1 is 1.05 bits per heavy atom. The smallest absolute Gasteiger partial charge is 0.295 e. The second-order valence-electron chi connectivity index (χ2n) is 10.7. The molecule has 4 aromatic rings. The van der Waals surface area contributed by atoms with Gasteiger partial charge in [-0.05, 0) is 99.2 Å². The van der Waals surface area contributed by atoms with Crippen LogP contribution in [0.1, 0.15) is 49.0 Å². The predicted molar refractivity (Wildman–Crippen MR) is 156 cm³/mol. The number of fused-ring (bicyclic) bond motifs is 2. The summed E-state index contributed by atoms with van der Waals surface area (Å²) < 4.78 is 31.7. The van der Waals surface area contributed by atoms with Gasteiger partial charge in [-0.1, -0.05) is 12.1 Å². The highest BCUT2D eigenvalue weighted by atomic mass is 19.1. The minimum Gasteiger partial charge on any atom is -0.493 e. The molecule has 1 saturated heterocycles. The van der Waals surface area contributed by atoms with Gasteiger partial charge >= 0.3 is 0 Å². The Balaban J connectivity index is 1.19. The summed E-state index contributed by atoms with van der Waals surface area (Å²) in [6, 6.07) is 16.9. The van der Waals surface area contributed by atoms with Crippen molar-refractivity contribution in [1.82, 2.24) is 9.88 Å². The number of carbonyl (C=O) groups is 1. The molecule has 0 spiro atoms. The average Bonchev–Trinajstić information content (AvgIpc) is 3.66. The van der Waals surface area contributed by atoms with E-state index in [-0.39, 0.29) is 11.9 Å². The number of nitrogens with zero attached hydrogens (tertiary/aromatic N) is 2. The number of benzene rings is 3. The lowest BCUT2D eigenvalue weighted by Gasteiger charge is -2.25. The Bertz CT molecular complexity index is 1530. The SMILES string of the molecule is CCOc1cc(CN2CC[C@H]3C(Nc4nc5cc(C(N)=O)ccc5o4)CC[C@H]32)cc(OCC)c1-c1ccc(F)cc1. The van der Waals surface area contributed by atoms with Crippen molar-refractivity contribution in [2.45, 2.75) is 51.7 Å². The van der Waals surface area contributed by atoms with Gasteiger partial charge in [-0.2, -0.15) is 4.98 Å². The molecule has 1 aromatic heterocycles. The minimum absolute atomic E-state index is 0.257. The van der Waals surface area contributed by atoms with E-state index in [0.717, 1.165) is 60.5 Å². The topological polar surface area (TPSA) is 103 Å². The largest absolute Gasteiger partial charge is 0.493 e. The van der Waals surface area contributed by atoms with Gasteiger partial charge in [0.25, 0.3) is 6.01 Å². The van der Waals surface area contributed by atoms with Crippen LogP contribution in [0.5, 0.6) is 11.5 Å². The molecule has 2 aliphatic rings. The number of primary amides is 1. The quantitative estimate of drug-likeness (QED) is 0.246. The summed E-state index contributed by atoms with van der Waals surface area (Å²) in [6.07, 6.45) is 3.19. The molecule has 3 atom stereocenters. The van der Waals surface area contributed by atoms with Gasteiger partial charge in [0.05, 0.1) is 18.8 Å². The van der Waals surface area contributed by atoms with Gasteiger partial charge in [-0.25, -0.2) is 4.39 Å². The van der Waals surface area contributed by atoms with Crippen molar-refractivity contribution >= 4 is 23.0 Å². The Hall–Kier alpha value is -4.11. The van der Waals surface area contributed by atoms with E-state index in [2.05, 4.69) is 27.3 Å². The molecule has 214 valence electrons. The fraction of sp³-hybridized carbons (Fsp3) is 0.375. The Labute approximate surface area is 238 Å². The number of likely N-dealkylation sites (tertiary alicyclic amines) is 1. The third kappa shape index (κ3) is 5.46. The van der Waals surface area contributed by atoms with E-state index in [1.165, 1.54) is 12.1 Å². The van der Waals surface area contributed by atoms with Crippen LogP contribution < -0.4 is 20.5 Å². The number of oxazole rings is 1. The van der Waals surface area contributed by atoms with Gasteiger partial charge in [0.15, 0.2) is 5.58 Å². The first-order valence-electron chi connectivity index (χ1n) is 14.3. The van der Waals surface area contributed by atoms with Crippen LogP contribution >= 0.6 is 0 Å². The lowest BCUT2D eigenvalue weighted by Crippen LogP contribution is -2.32. The van der Waals surface area contributed by atoms with E-state index in [1.54, 1.807) is 30.3 Å². The molecule has 2 heterocycles. The standard InChI is InChI=1S/C32H35FN4O4/c1-3-39-28-15-19(16-29(40-4-2)30(28)20-5-8-22(33)9-6-20)18-37-14-13-23-24(10-11-26(23)37)35-32-36-25-17-21(31(34)38)7-12-27(25)41-32/h5-9,12,15-17,23-24,26H,3-4,10-11,13-14,18H2,1-2H3,(H2,34,38)(H,35,36)/t23-,24?,26+/m0/s1. The van der Waals surface area contributed by atoms with Gasteiger partial charge in [-0.15, -0.1) is 0 Å². The minimum atomic E-state index is -0.485. The third-order valence-corrected chi connectivity index (χ3v) is 8.23. The molecule has 1 aliphatic carbocycles. The van der Waals surface area contributed by atoms with E-state index >= 15 is 0 Å². The second kappa shape index (κ2) is 11.4. The van der Waals surface area contributed by atoms with Crippen LogP contribution in [-0.4, -0.2) is 47.6 Å². The first kappa shape index (κ1) is 27.1. The van der Waals surface area contributed by atoms with Crippen LogP contribution in [0, 0.1) is 11.7 Å². The monoisotopic (exact) mass is 558 g/mol. The number of hydrogen-bond acceptors (Lipinski definition) is 7. The number of aromatic nitrogens is 1. The van der Waals surface area contributed by atoms with E-state index in [0.29, 0.717) is 47.9 Å². The molecule has 8 nitrogen and oxygen atoms in total. The maximum atomic E-state index is 13.6. The molecule has 0 radical (unpaired) electrons. The second-order valence-corrected chi connectivity index (χ2v) is 10.7. The molecule has 1 amide bonds. The molecule has 41 heavy (non-hydrogen) atoms. The van der Waals surface area contributed by atoms with Gasteiger partial charge in [-0.3, -0.25) is 9.69 Å². The van der Waals surface area contributed by atoms with Crippen LogP contribution in [-0.2, 0) is 6.54 Å². The summed E-state index contributed by atoms with van der Waals surface area (Å²) in [6.45, 7) is 6.75. The van der Waals surface area contributed by atoms with Gasteiger partial charge in [0, 0.05) is 24.2 Å². The third-order valence-electron chi connectivity index (χ3n) is 8.23. The summed E-state index contributed by atoms with van der Waals surface area (Å²) in [4.78, 5) is 18.6. The maximum Gasteiger partial charge on any atom is 0.295 e. The molecule has 3 N–H and O–H groups in total. The molecule has 1 saturated carbocycles. The number of hydrogen-bond donors (Lipinski definition) is 2. The van der Waals surface area contributed by atoms with Crippen molar-refractivity contribution in [2.75, 3.05) is 25.1 Å². The normalized spacial score (nSPS) is 20.3. The van der Waals surface area contributed by atoms with Crippen LogP contribution in [0.15, 0.2) is 59.0 Å². The van der Waals surface area contributed by atoms with Crippen LogP contribution in [0.4, 0.5) is 10.4 Å². The predicted octanol–water partition coefficient (Wildman–Crippen LogP) is 6.00. The van der Waals surface area contributed by atoms with Gasteiger partial charge in [0.1, 0.15) is 22.8 Å². The summed E-state index contributed by atoms with van der Waals surface area (Å²) in [7, 11) is 0. The van der Waals surface area contributed by atoms with Crippen LogP contribution in [0.25, 0.3) is 22.2 Å². The number of nitrogens with two attached hydrogens (primary N) is 1. The summed E-state index contributed by atoms with van der Waals surface area (Å²) in [5.74, 6) is 1.21. The number of rotatable bonds is 10. The lowest BCUT2D eigenvalue weighted by atomic mass is 9.99. The van der Waals surface area contributed by atoms with Crippen molar-refractivity contribution < 1.29 is 23.1 Å². The highest BCUT2D eigenvalue weighted by Gasteiger charge is 2.44. The van der Waals surface area contributed by atoms with Crippen molar-refractivity contribution in [3.8, 4) is 22.6 Å². The molecule has 9 heteroatoms. The summed E-state index contributed by atoms with van der Waals surface area (Å²) in [5, 5.41) is 3.53. The van der Waals surface area contributed by atoms with Gasteiger partial charge in [0.2, 0.25) is 5.91 Å². The zero-order chi connectivity index (χ0) is 28.5. The molecule has 6 rings (SSSR count). The Morgan fingerprint density at radius 3 is 2.46 bits per heavy atom. The van der Waals surface area contributed by atoms with E-state index in [1.807, 2.05) is 13.8 Å². The zero-order valence-corrected chi connectivity index (χ0v) is 23.4. The number of carbonyl (C=O) groups excluding carboxylic acids is 1. The van der Waals surface area contributed by atoms with E-state index in [9.17, 15) is 9.18 Å². The molecule has 1 unspecified atom stereocenters. The fourth-order valence-corrected chi connectivity index (χ4v) is 6.46. The van der Waals surface area contributed by atoms with Crippen LogP contribution in [0.2, 0.25) is 0 Å². The van der Waals surface area contributed by atoms with Crippen molar-refractivity contribution in [2.24, 2.45) is 11.7 Å². The van der Waals surface area contributed by atoms with E-state index < -0.39 is 5.91 Å². The van der Waals surface area contributed by atoms with Crippen LogP contribution in [0.3, 0.4) is 0 Å². The summed E-state index contributed by atoms with van der Waals surface area (Å²) in [5.41, 5.74) is 9.91. The molecule has 2 fully saturated rings. The molecule has 3 aromatic carbocycles. The maximum absolute atomic E-state index is 13.6. The van der Waals surface area contributed by atoms with Crippen molar-refractivity contribution in [3.05, 3.63) is 71.5 Å². The average molecular weight is 559 g/mol. The number of amides is 1. The molecular weight excluding hydrogens is 523 g/mol.